The predicted octanol–water partition coefficient (Wildman–Crippen LogP) is 2.06. The first-order valence-electron chi connectivity index (χ1n) is 5.73. The van der Waals surface area contributed by atoms with Gasteiger partial charge in [0.25, 0.3) is 5.69 Å². The summed E-state index contributed by atoms with van der Waals surface area (Å²) in [5, 5.41) is 19.6. The number of sulfone groups is 1. The van der Waals surface area contributed by atoms with Crippen LogP contribution in [-0.2, 0) is 9.84 Å². The molecule has 0 aromatic heterocycles. The van der Waals surface area contributed by atoms with Crippen LogP contribution in [0, 0.1) is 26.9 Å². The monoisotopic (exact) mass is 280 g/mol. The van der Waals surface area contributed by atoms with Gasteiger partial charge in [-0.05, 0) is 24.3 Å². The Morgan fingerprint density at radius 3 is 2.53 bits per heavy atom. The molecule has 0 unspecified atom stereocenters. The molecule has 0 N–H and O–H groups in total. The van der Waals surface area contributed by atoms with Crippen LogP contribution in [0.5, 0.6) is 0 Å². The minimum absolute atomic E-state index is 0.173. The molecule has 0 bridgehead atoms. The molecule has 19 heavy (non-hydrogen) atoms. The summed E-state index contributed by atoms with van der Waals surface area (Å²) in [6.07, 6.45) is 1.54. The molecule has 0 amide bonds. The Balaban J connectivity index is 2.36. The zero-order chi connectivity index (χ0) is 14.1. The fraction of sp³-hybridized carbons (Fsp3) is 0.417. The first-order valence-corrected chi connectivity index (χ1v) is 7.39. The van der Waals surface area contributed by atoms with Gasteiger partial charge in [0, 0.05) is 12.5 Å². The second kappa shape index (κ2) is 4.63. The van der Waals surface area contributed by atoms with Gasteiger partial charge >= 0.3 is 0 Å². The molecule has 100 valence electrons. The average Bonchev–Trinajstić information content (AvgIpc) is 3.08. The third-order valence-corrected chi connectivity index (χ3v) is 5.31. The van der Waals surface area contributed by atoms with Crippen molar-refractivity contribution in [3.8, 4) is 6.07 Å². The van der Waals surface area contributed by atoms with Crippen molar-refractivity contribution in [3.63, 3.8) is 0 Å². The molecule has 0 atom stereocenters. The predicted molar refractivity (Wildman–Crippen MR) is 67.0 cm³/mol. The topological polar surface area (TPSA) is 101 Å². The lowest BCUT2D eigenvalue weighted by atomic mass is 10.1. The molecule has 0 saturated heterocycles. The summed E-state index contributed by atoms with van der Waals surface area (Å²) in [4.78, 5) is 9.91. The molecule has 0 radical (unpaired) electrons. The van der Waals surface area contributed by atoms with Gasteiger partial charge in [0.2, 0.25) is 0 Å². The molecule has 1 aromatic carbocycles. The van der Waals surface area contributed by atoms with Gasteiger partial charge in [0.05, 0.1) is 16.7 Å². The van der Waals surface area contributed by atoms with Crippen molar-refractivity contribution in [3.05, 3.63) is 34.4 Å². The zero-order valence-electron chi connectivity index (χ0n) is 10.1. The minimum atomic E-state index is -3.75. The minimum Gasteiger partial charge on any atom is -0.258 e. The normalized spacial score (nSPS) is 16.6. The van der Waals surface area contributed by atoms with Crippen LogP contribution in [0.2, 0.25) is 0 Å². The second-order valence-corrected chi connectivity index (χ2v) is 6.78. The summed E-state index contributed by atoms with van der Waals surface area (Å²) in [5.41, 5.74) is -0.910. The number of nitrogens with zero attached hydrogens (tertiary/aromatic N) is 2. The lowest BCUT2D eigenvalue weighted by Gasteiger charge is -2.11. The Morgan fingerprint density at radius 2 is 2.00 bits per heavy atom. The van der Waals surface area contributed by atoms with Crippen LogP contribution >= 0.6 is 0 Å². The molecule has 0 heterocycles. The van der Waals surface area contributed by atoms with Crippen molar-refractivity contribution in [1.29, 1.82) is 5.26 Å². The number of nitriles is 1. The number of rotatable bonds is 5. The van der Waals surface area contributed by atoms with E-state index in [2.05, 4.69) is 0 Å². The van der Waals surface area contributed by atoms with Crippen molar-refractivity contribution < 1.29 is 13.3 Å². The van der Waals surface area contributed by atoms with Crippen molar-refractivity contribution in [2.45, 2.75) is 24.2 Å². The highest BCUT2D eigenvalue weighted by Crippen LogP contribution is 2.50. The van der Waals surface area contributed by atoms with Crippen LogP contribution < -0.4 is 0 Å². The largest absolute Gasteiger partial charge is 0.287 e. The molecular weight excluding hydrogens is 268 g/mol. The molecule has 1 fully saturated rings. The van der Waals surface area contributed by atoms with Gasteiger partial charge in [-0.3, -0.25) is 10.1 Å². The Labute approximate surface area is 110 Å². The molecule has 1 aliphatic carbocycles. The fourth-order valence-corrected chi connectivity index (χ4v) is 4.17. The highest BCUT2D eigenvalue weighted by atomic mass is 32.2. The number of nitro groups is 1. The Kier molecular flexibility index (Phi) is 3.28. The van der Waals surface area contributed by atoms with Crippen LogP contribution in [0.25, 0.3) is 0 Å². The zero-order valence-corrected chi connectivity index (χ0v) is 10.9. The number of para-hydroxylation sites is 1. The summed E-state index contributed by atoms with van der Waals surface area (Å²) in [6, 6.07) is 7.30. The Bertz CT molecular complexity index is 657. The van der Waals surface area contributed by atoms with E-state index in [0.29, 0.717) is 12.8 Å². The maximum Gasteiger partial charge on any atom is 0.287 e. The molecular formula is C12H12N2O4S. The van der Waals surface area contributed by atoms with Crippen molar-refractivity contribution in [2.75, 3.05) is 5.75 Å². The van der Waals surface area contributed by atoms with E-state index >= 15 is 0 Å². The maximum atomic E-state index is 12.3. The molecule has 6 nitrogen and oxygen atoms in total. The van der Waals surface area contributed by atoms with Gasteiger partial charge in [-0.1, -0.05) is 12.1 Å². The first kappa shape index (κ1) is 13.5. The van der Waals surface area contributed by atoms with Gasteiger partial charge in [0.15, 0.2) is 9.84 Å². The molecule has 0 aliphatic heterocycles. The molecule has 1 aromatic rings. The average molecular weight is 280 g/mol. The van der Waals surface area contributed by atoms with Crippen LogP contribution in [0.3, 0.4) is 0 Å². The van der Waals surface area contributed by atoms with E-state index < -0.39 is 25.9 Å². The van der Waals surface area contributed by atoms with Crippen LogP contribution in [-0.4, -0.2) is 19.1 Å². The van der Waals surface area contributed by atoms with E-state index in [1.165, 1.54) is 24.3 Å². The third-order valence-electron chi connectivity index (χ3n) is 3.30. The van der Waals surface area contributed by atoms with Crippen LogP contribution in [0.1, 0.15) is 19.3 Å². The van der Waals surface area contributed by atoms with E-state index in [-0.39, 0.29) is 17.1 Å². The van der Waals surface area contributed by atoms with E-state index in [9.17, 15) is 18.5 Å². The number of nitro benzene ring substituents is 1. The highest BCUT2D eigenvalue weighted by molar-refractivity contribution is 7.91. The Hall–Kier alpha value is -1.94. The molecule has 0 spiro atoms. The van der Waals surface area contributed by atoms with E-state index in [4.69, 9.17) is 5.26 Å². The van der Waals surface area contributed by atoms with Gasteiger partial charge in [-0.25, -0.2) is 8.42 Å². The number of benzene rings is 1. The van der Waals surface area contributed by atoms with Gasteiger partial charge in [-0.2, -0.15) is 5.26 Å². The van der Waals surface area contributed by atoms with Crippen molar-refractivity contribution in [2.24, 2.45) is 5.41 Å². The standard InChI is InChI=1S/C12H12N2O4S/c13-8-7-12(5-6-12)9-19(17,18)11-4-2-1-3-10(11)14(15)16/h1-4H,5-7,9H2. The van der Waals surface area contributed by atoms with Crippen molar-refractivity contribution >= 4 is 15.5 Å². The van der Waals surface area contributed by atoms with Gasteiger partial charge < -0.3 is 0 Å². The van der Waals surface area contributed by atoms with Crippen LogP contribution in [0.15, 0.2) is 29.2 Å². The van der Waals surface area contributed by atoms with E-state index in [0.717, 1.165) is 0 Å². The van der Waals surface area contributed by atoms with Gasteiger partial charge in [-0.15, -0.1) is 0 Å². The van der Waals surface area contributed by atoms with Crippen molar-refractivity contribution in [1.82, 2.24) is 0 Å². The number of hydrogen-bond acceptors (Lipinski definition) is 5. The lowest BCUT2D eigenvalue weighted by Crippen LogP contribution is -2.18. The van der Waals surface area contributed by atoms with Gasteiger partial charge in [0.1, 0.15) is 4.90 Å². The Morgan fingerprint density at radius 1 is 1.37 bits per heavy atom. The maximum absolute atomic E-state index is 12.3. The molecule has 1 saturated carbocycles. The summed E-state index contributed by atoms with van der Waals surface area (Å²) < 4.78 is 24.5. The summed E-state index contributed by atoms with van der Waals surface area (Å²) in [6.45, 7) is 0. The summed E-state index contributed by atoms with van der Waals surface area (Å²) >= 11 is 0. The van der Waals surface area contributed by atoms with E-state index in [1.807, 2.05) is 6.07 Å². The smallest absolute Gasteiger partial charge is 0.258 e. The number of hydrogen-bond donors (Lipinski definition) is 0. The van der Waals surface area contributed by atoms with Crippen LogP contribution in [0.4, 0.5) is 5.69 Å². The summed E-state index contributed by atoms with van der Waals surface area (Å²) in [7, 11) is -3.75. The summed E-state index contributed by atoms with van der Waals surface area (Å²) in [5.74, 6) is -0.196. The SMILES string of the molecule is N#CCC1(CS(=O)(=O)c2ccccc2[N+](=O)[O-])CC1. The second-order valence-electron chi connectivity index (χ2n) is 4.82. The first-order chi connectivity index (χ1) is 8.90. The highest BCUT2D eigenvalue weighted by Gasteiger charge is 2.47. The third kappa shape index (κ3) is 2.74. The molecule has 1 aliphatic rings. The lowest BCUT2D eigenvalue weighted by molar-refractivity contribution is -0.387. The molecule has 7 heteroatoms. The fourth-order valence-electron chi connectivity index (χ4n) is 2.07. The molecule has 2 rings (SSSR count). The van der Waals surface area contributed by atoms with E-state index in [1.54, 1.807) is 0 Å². The quantitative estimate of drug-likeness (QED) is 0.607.